The van der Waals surface area contributed by atoms with Gasteiger partial charge in [0.25, 0.3) is 5.91 Å². The highest BCUT2D eigenvalue weighted by Crippen LogP contribution is 2.05. The molecule has 4 heteroatoms. The van der Waals surface area contributed by atoms with Crippen LogP contribution in [0.25, 0.3) is 0 Å². The normalized spacial score (nSPS) is 11.0. The van der Waals surface area contributed by atoms with E-state index < -0.39 is 11.9 Å². The van der Waals surface area contributed by atoms with Crippen LogP contribution in [0.1, 0.15) is 34.8 Å². The van der Waals surface area contributed by atoms with Crippen molar-refractivity contribution < 1.29 is 9.59 Å². The fourth-order valence-electron chi connectivity index (χ4n) is 1.99. The summed E-state index contributed by atoms with van der Waals surface area (Å²) in [5.74, 6) is 5.24. The van der Waals surface area contributed by atoms with Gasteiger partial charge in [0.15, 0.2) is 0 Å². The lowest BCUT2D eigenvalue weighted by molar-refractivity contribution is -0.119. The van der Waals surface area contributed by atoms with Crippen LogP contribution in [0.3, 0.4) is 0 Å². The Morgan fingerprint density at radius 2 is 1.57 bits per heavy atom. The molecule has 0 spiro atoms. The maximum absolute atomic E-state index is 12.1. The summed E-state index contributed by atoms with van der Waals surface area (Å²) in [7, 11) is 0. The van der Waals surface area contributed by atoms with Crippen molar-refractivity contribution in [3.05, 3.63) is 71.3 Å². The molecule has 3 N–H and O–H groups in total. The van der Waals surface area contributed by atoms with E-state index in [1.54, 1.807) is 31.2 Å². The number of nitrogens with one attached hydrogen (secondary N) is 1. The fourth-order valence-corrected chi connectivity index (χ4v) is 1.99. The van der Waals surface area contributed by atoms with Crippen molar-refractivity contribution in [1.82, 2.24) is 5.32 Å². The van der Waals surface area contributed by atoms with Crippen molar-refractivity contribution in [2.45, 2.75) is 19.4 Å². The summed E-state index contributed by atoms with van der Waals surface area (Å²) in [6.45, 7) is 1.79. The van der Waals surface area contributed by atoms with Crippen LogP contribution in [0.15, 0.2) is 54.6 Å². The van der Waals surface area contributed by atoms with Gasteiger partial charge in [-0.25, -0.2) is 0 Å². The van der Waals surface area contributed by atoms with Crippen molar-refractivity contribution >= 4 is 11.8 Å². The number of primary amides is 1. The highest BCUT2D eigenvalue weighted by molar-refractivity contribution is 5.97. The largest absolute Gasteiger partial charge is 0.368 e. The molecule has 2 aromatic rings. The summed E-state index contributed by atoms with van der Waals surface area (Å²) < 4.78 is 0. The number of hydrogen-bond acceptors (Lipinski definition) is 2. The molecule has 4 nitrogen and oxygen atoms in total. The summed E-state index contributed by atoms with van der Waals surface area (Å²) in [6, 6.07) is 15.9. The van der Waals surface area contributed by atoms with Gasteiger partial charge >= 0.3 is 0 Å². The summed E-state index contributed by atoms with van der Waals surface area (Å²) in [4.78, 5) is 23.2. The standard InChI is InChI=1S/C19H18N2O2/c1-2-17(18(20)22)21-19(23)16-12-10-15(11-13-16)9-8-14-6-4-3-5-7-14/h3-7,10-13,17H,2H2,1H3,(H2,20,22)(H,21,23). The molecular formula is C19H18N2O2. The minimum Gasteiger partial charge on any atom is -0.368 e. The van der Waals surface area contributed by atoms with E-state index in [9.17, 15) is 9.59 Å². The second kappa shape index (κ2) is 7.81. The molecule has 0 aliphatic carbocycles. The van der Waals surface area contributed by atoms with Gasteiger partial charge in [-0.3, -0.25) is 9.59 Å². The van der Waals surface area contributed by atoms with Gasteiger partial charge in [-0.1, -0.05) is 37.0 Å². The highest BCUT2D eigenvalue weighted by Gasteiger charge is 2.16. The molecule has 2 rings (SSSR count). The molecular weight excluding hydrogens is 288 g/mol. The molecule has 0 heterocycles. The van der Waals surface area contributed by atoms with E-state index in [1.807, 2.05) is 30.3 Å². The van der Waals surface area contributed by atoms with E-state index in [-0.39, 0.29) is 5.91 Å². The molecule has 1 unspecified atom stereocenters. The van der Waals surface area contributed by atoms with Crippen molar-refractivity contribution in [2.75, 3.05) is 0 Å². The molecule has 0 saturated heterocycles. The van der Waals surface area contributed by atoms with E-state index in [1.165, 1.54) is 0 Å². The van der Waals surface area contributed by atoms with Crippen molar-refractivity contribution in [3.8, 4) is 11.8 Å². The zero-order chi connectivity index (χ0) is 16.7. The minimum absolute atomic E-state index is 0.321. The first-order valence-electron chi connectivity index (χ1n) is 7.37. The van der Waals surface area contributed by atoms with Gasteiger partial charge in [-0.05, 0) is 42.8 Å². The summed E-state index contributed by atoms with van der Waals surface area (Å²) in [5, 5.41) is 2.61. The number of hydrogen-bond donors (Lipinski definition) is 2. The van der Waals surface area contributed by atoms with Crippen LogP contribution < -0.4 is 11.1 Å². The molecule has 1 atom stereocenters. The molecule has 2 amide bonds. The Morgan fingerprint density at radius 1 is 1.00 bits per heavy atom. The van der Waals surface area contributed by atoms with Crippen molar-refractivity contribution in [3.63, 3.8) is 0 Å². The first-order valence-corrected chi connectivity index (χ1v) is 7.37. The lowest BCUT2D eigenvalue weighted by atomic mass is 10.1. The van der Waals surface area contributed by atoms with Gasteiger partial charge in [-0.15, -0.1) is 0 Å². The Morgan fingerprint density at radius 3 is 2.09 bits per heavy atom. The average molecular weight is 306 g/mol. The van der Waals surface area contributed by atoms with Crippen molar-refractivity contribution in [2.24, 2.45) is 5.73 Å². The maximum Gasteiger partial charge on any atom is 0.251 e. The molecule has 0 fully saturated rings. The van der Waals surface area contributed by atoms with Crippen LogP contribution >= 0.6 is 0 Å². The van der Waals surface area contributed by atoms with Gasteiger partial charge in [0.1, 0.15) is 6.04 Å². The van der Waals surface area contributed by atoms with E-state index >= 15 is 0 Å². The summed E-state index contributed by atoms with van der Waals surface area (Å²) in [5.41, 5.74) is 7.43. The average Bonchev–Trinajstić information content (AvgIpc) is 2.58. The van der Waals surface area contributed by atoms with Gasteiger partial charge in [0.2, 0.25) is 5.91 Å². The Balaban J connectivity index is 2.06. The number of rotatable bonds is 4. The molecule has 0 aliphatic rings. The number of nitrogens with two attached hydrogens (primary N) is 1. The van der Waals surface area contributed by atoms with E-state index in [4.69, 9.17) is 5.73 Å². The van der Waals surface area contributed by atoms with Gasteiger partial charge in [0.05, 0.1) is 0 Å². The first-order chi connectivity index (χ1) is 11.1. The van der Waals surface area contributed by atoms with Crippen LogP contribution in [-0.4, -0.2) is 17.9 Å². The highest BCUT2D eigenvalue weighted by atomic mass is 16.2. The van der Waals surface area contributed by atoms with Crippen LogP contribution in [0, 0.1) is 11.8 Å². The lowest BCUT2D eigenvalue weighted by Gasteiger charge is -2.13. The van der Waals surface area contributed by atoms with Gasteiger partial charge in [-0.2, -0.15) is 0 Å². The Labute approximate surface area is 135 Å². The van der Waals surface area contributed by atoms with E-state index in [2.05, 4.69) is 17.2 Å². The molecule has 0 aliphatic heterocycles. The molecule has 0 aromatic heterocycles. The molecule has 116 valence electrons. The zero-order valence-electron chi connectivity index (χ0n) is 12.9. The van der Waals surface area contributed by atoms with Crippen LogP contribution in [-0.2, 0) is 4.79 Å². The second-order valence-corrected chi connectivity index (χ2v) is 5.03. The Hall–Kier alpha value is -3.06. The molecule has 0 bridgehead atoms. The predicted molar refractivity (Wildman–Crippen MR) is 89.6 cm³/mol. The third-order valence-electron chi connectivity index (χ3n) is 3.33. The topological polar surface area (TPSA) is 72.2 Å². The minimum atomic E-state index is -0.653. The molecule has 0 radical (unpaired) electrons. The smallest absolute Gasteiger partial charge is 0.251 e. The number of benzene rings is 2. The zero-order valence-corrected chi connectivity index (χ0v) is 12.9. The van der Waals surface area contributed by atoms with E-state index in [0.29, 0.717) is 12.0 Å². The monoisotopic (exact) mass is 306 g/mol. The molecule has 0 saturated carbocycles. The lowest BCUT2D eigenvalue weighted by Crippen LogP contribution is -2.43. The Kier molecular flexibility index (Phi) is 5.54. The summed E-state index contributed by atoms with van der Waals surface area (Å²) >= 11 is 0. The first kappa shape index (κ1) is 16.3. The Bertz CT molecular complexity index is 740. The van der Waals surface area contributed by atoms with Crippen LogP contribution in [0.2, 0.25) is 0 Å². The predicted octanol–water partition coefficient (Wildman–Crippen LogP) is 2.08. The van der Waals surface area contributed by atoms with Crippen LogP contribution in [0.5, 0.6) is 0 Å². The summed E-state index contributed by atoms with van der Waals surface area (Å²) in [6.07, 6.45) is 0.460. The number of carbonyl (C=O) groups excluding carboxylic acids is 2. The molecule has 2 aromatic carbocycles. The number of amides is 2. The number of carbonyl (C=O) groups is 2. The third kappa shape index (κ3) is 4.72. The fraction of sp³-hybridized carbons (Fsp3) is 0.158. The van der Waals surface area contributed by atoms with Crippen molar-refractivity contribution in [1.29, 1.82) is 0 Å². The molecule has 23 heavy (non-hydrogen) atoms. The van der Waals surface area contributed by atoms with Gasteiger partial charge in [0, 0.05) is 16.7 Å². The van der Waals surface area contributed by atoms with Crippen LogP contribution in [0.4, 0.5) is 0 Å². The second-order valence-electron chi connectivity index (χ2n) is 5.03. The van der Waals surface area contributed by atoms with Gasteiger partial charge < -0.3 is 11.1 Å². The third-order valence-corrected chi connectivity index (χ3v) is 3.33. The quantitative estimate of drug-likeness (QED) is 0.849. The maximum atomic E-state index is 12.1. The SMILES string of the molecule is CCC(NC(=O)c1ccc(C#Cc2ccccc2)cc1)C(N)=O. The van der Waals surface area contributed by atoms with E-state index in [0.717, 1.165) is 11.1 Å².